The monoisotopic (exact) mass is 389 g/mol. The number of amides is 1. The van der Waals surface area contributed by atoms with Gasteiger partial charge in [0.1, 0.15) is 5.69 Å². The molecule has 1 aliphatic heterocycles. The molecule has 0 bridgehead atoms. The van der Waals surface area contributed by atoms with Gasteiger partial charge >= 0.3 is 0 Å². The van der Waals surface area contributed by atoms with Crippen LogP contribution in [0.2, 0.25) is 0 Å². The Morgan fingerprint density at radius 1 is 1.00 bits per heavy atom. The smallest absolute Gasteiger partial charge is 0.253 e. The third-order valence-electron chi connectivity index (χ3n) is 5.08. The van der Waals surface area contributed by atoms with Crippen molar-refractivity contribution in [3.63, 3.8) is 0 Å². The first-order valence-corrected chi connectivity index (χ1v) is 9.72. The molecular weight excluding hydrogens is 366 g/mol. The van der Waals surface area contributed by atoms with Gasteiger partial charge in [-0.2, -0.15) is 0 Å². The zero-order valence-electron chi connectivity index (χ0n) is 16.3. The van der Waals surface area contributed by atoms with Crippen LogP contribution in [0, 0.1) is 0 Å². The van der Waals surface area contributed by atoms with E-state index >= 15 is 0 Å². The molecule has 1 saturated heterocycles. The number of likely N-dealkylation sites (tertiary alicyclic amines) is 1. The molecule has 1 atom stereocenters. The number of nitrogens with zero attached hydrogens (tertiary/aromatic N) is 3. The van der Waals surface area contributed by atoms with Crippen LogP contribution in [0.25, 0.3) is 0 Å². The molecule has 0 spiro atoms. The molecule has 6 heteroatoms. The summed E-state index contributed by atoms with van der Waals surface area (Å²) in [6.45, 7) is 1.34. The van der Waals surface area contributed by atoms with Gasteiger partial charge in [-0.3, -0.25) is 9.78 Å². The maximum Gasteiger partial charge on any atom is 0.253 e. The van der Waals surface area contributed by atoms with Crippen LogP contribution in [-0.2, 0) is 0 Å². The summed E-state index contributed by atoms with van der Waals surface area (Å²) in [4.78, 5) is 23.7. The average Bonchev–Trinajstić information content (AvgIpc) is 2.80. The van der Waals surface area contributed by atoms with E-state index < -0.39 is 0 Å². The zero-order chi connectivity index (χ0) is 20.1. The molecule has 0 aliphatic carbocycles. The summed E-state index contributed by atoms with van der Waals surface area (Å²) < 4.78 is 11.4. The van der Waals surface area contributed by atoms with Gasteiger partial charge in [-0.15, -0.1) is 0 Å². The molecule has 3 aromatic rings. The number of ether oxygens (including phenoxy) is 2. The average molecular weight is 389 g/mol. The predicted molar refractivity (Wildman–Crippen MR) is 109 cm³/mol. The summed E-state index contributed by atoms with van der Waals surface area (Å²) in [5.74, 6) is 1.79. The third-order valence-corrected chi connectivity index (χ3v) is 5.08. The van der Waals surface area contributed by atoms with Crippen molar-refractivity contribution in [3.05, 3.63) is 78.2 Å². The van der Waals surface area contributed by atoms with Crippen LogP contribution in [0.5, 0.6) is 17.4 Å². The lowest BCUT2D eigenvalue weighted by atomic mass is 9.94. The van der Waals surface area contributed by atoms with E-state index in [0.717, 1.165) is 25.1 Å². The van der Waals surface area contributed by atoms with Crippen molar-refractivity contribution in [2.24, 2.45) is 0 Å². The number of piperidine rings is 1. The first-order chi connectivity index (χ1) is 14.3. The van der Waals surface area contributed by atoms with Gasteiger partial charge in [0, 0.05) is 37.0 Å². The highest BCUT2D eigenvalue weighted by Gasteiger charge is 2.29. The van der Waals surface area contributed by atoms with Gasteiger partial charge in [-0.1, -0.05) is 30.3 Å². The van der Waals surface area contributed by atoms with E-state index in [9.17, 15) is 4.79 Å². The Kier molecular flexibility index (Phi) is 5.70. The SMILES string of the molecule is COc1ccccc1Oc1nccnc1C1CCCN(C(=O)c2ccccc2)C1. The predicted octanol–water partition coefficient (Wildman–Crippen LogP) is 4.30. The van der Waals surface area contributed by atoms with Gasteiger partial charge in [0.25, 0.3) is 5.91 Å². The minimum Gasteiger partial charge on any atom is -0.493 e. The van der Waals surface area contributed by atoms with Crippen LogP contribution in [0.1, 0.15) is 34.8 Å². The largest absolute Gasteiger partial charge is 0.493 e. The van der Waals surface area contributed by atoms with E-state index in [-0.39, 0.29) is 11.8 Å². The van der Waals surface area contributed by atoms with Crippen LogP contribution in [0.15, 0.2) is 67.0 Å². The Balaban J connectivity index is 1.56. The minimum atomic E-state index is 0.0476. The number of rotatable bonds is 5. The molecule has 0 radical (unpaired) electrons. The van der Waals surface area contributed by atoms with E-state index in [1.165, 1.54) is 0 Å². The molecular formula is C23H23N3O3. The molecule has 2 aromatic carbocycles. The Bertz CT molecular complexity index is 978. The topological polar surface area (TPSA) is 64.6 Å². The first-order valence-electron chi connectivity index (χ1n) is 9.72. The van der Waals surface area contributed by atoms with Gasteiger partial charge in [0.15, 0.2) is 11.5 Å². The maximum absolute atomic E-state index is 12.9. The number of carbonyl (C=O) groups excluding carboxylic acids is 1. The minimum absolute atomic E-state index is 0.0476. The van der Waals surface area contributed by atoms with E-state index in [1.807, 2.05) is 59.5 Å². The van der Waals surface area contributed by atoms with Gasteiger partial charge in [0.2, 0.25) is 5.88 Å². The van der Waals surface area contributed by atoms with Crippen LogP contribution in [-0.4, -0.2) is 41.0 Å². The fourth-order valence-corrected chi connectivity index (χ4v) is 3.65. The molecule has 148 valence electrons. The Morgan fingerprint density at radius 2 is 1.72 bits per heavy atom. The van der Waals surface area contributed by atoms with E-state index in [0.29, 0.717) is 29.5 Å². The fourth-order valence-electron chi connectivity index (χ4n) is 3.65. The quantitative estimate of drug-likeness (QED) is 0.651. The lowest BCUT2D eigenvalue weighted by molar-refractivity contribution is 0.0704. The van der Waals surface area contributed by atoms with Crippen LogP contribution in [0.3, 0.4) is 0 Å². The molecule has 1 unspecified atom stereocenters. The Hall–Kier alpha value is -3.41. The molecule has 1 aliphatic rings. The zero-order valence-corrected chi connectivity index (χ0v) is 16.3. The van der Waals surface area contributed by atoms with Crippen molar-refractivity contribution in [2.75, 3.05) is 20.2 Å². The number of hydrogen-bond donors (Lipinski definition) is 0. The second-order valence-corrected chi connectivity index (χ2v) is 6.96. The summed E-state index contributed by atoms with van der Waals surface area (Å²) in [5, 5.41) is 0. The highest BCUT2D eigenvalue weighted by atomic mass is 16.5. The van der Waals surface area contributed by atoms with E-state index in [2.05, 4.69) is 9.97 Å². The van der Waals surface area contributed by atoms with E-state index in [4.69, 9.17) is 9.47 Å². The molecule has 0 N–H and O–H groups in total. The highest BCUT2D eigenvalue weighted by Crippen LogP contribution is 2.35. The van der Waals surface area contributed by atoms with Gasteiger partial charge in [0.05, 0.1) is 7.11 Å². The van der Waals surface area contributed by atoms with Crippen molar-refractivity contribution in [1.29, 1.82) is 0 Å². The summed E-state index contributed by atoms with van der Waals surface area (Å²) in [5.41, 5.74) is 1.47. The molecule has 29 heavy (non-hydrogen) atoms. The molecule has 2 heterocycles. The van der Waals surface area contributed by atoms with Crippen molar-refractivity contribution in [1.82, 2.24) is 14.9 Å². The lowest BCUT2D eigenvalue weighted by Gasteiger charge is -2.32. The Morgan fingerprint density at radius 3 is 2.52 bits per heavy atom. The number of carbonyl (C=O) groups is 1. The van der Waals surface area contributed by atoms with Crippen LogP contribution in [0.4, 0.5) is 0 Å². The number of methoxy groups -OCH3 is 1. The molecule has 1 fully saturated rings. The van der Waals surface area contributed by atoms with Gasteiger partial charge < -0.3 is 14.4 Å². The number of hydrogen-bond acceptors (Lipinski definition) is 5. The maximum atomic E-state index is 12.9. The fraction of sp³-hybridized carbons (Fsp3) is 0.261. The van der Waals surface area contributed by atoms with Crippen LogP contribution < -0.4 is 9.47 Å². The molecule has 1 aromatic heterocycles. The lowest BCUT2D eigenvalue weighted by Crippen LogP contribution is -2.39. The normalized spacial score (nSPS) is 16.3. The van der Waals surface area contributed by atoms with Gasteiger partial charge in [-0.05, 0) is 37.1 Å². The number of benzene rings is 2. The van der Waals surface area contributed by atoms with Crippen molar-refractivity contribution >= 4 is 5.91 Å². The third kappa shape index (κ3) is 4.21. The van der Waals surface area contributed by atoms with Crippen LogP contribution >= 0.6 is 0 Å². The Labute approximate surface area is 170 Å². The van der Waals surface area contributed by atoms with Crippen molar-refractivity contribution < 1.29 is 14.3 Å². The summed E-state index contributed by atoms with van der Waals surface area (Å²) >= 11 is 0. The second-order valence-electron chi connectivity index (χ2n) is 6.96. The summed E-state index contributed by atoms with van der Waals surface area (Å²) in [6.07, 6.45) is 5.12. The second kappa shape index (κ2) is 8.73. The van der Waals surface area contributed by atoms with E-state index in [1.54, 1.807) is 19.5 Å². The first kappa shape index (κ1) is 18.9. The molecule has 4 rings (SSSR count). The molecule has 0 saturated carbocycles. The number of aromatic nitrogens is 2. The molecule has 1 amide bonds. The standard InChI is InChI=1S/C23H23N3O3/c1-28-19-11-5-6-12-20(19)29-22-21(24-13-14-25-22)18-10-7-15-26(16-18)23(27)17-8-3-2-4-9-17/h2-6,8-9,11-14,18H,7,10,15-16H2,1H3. The molecule has 6 nitrogen and oxygen atoms in total. The summed E-state index contributed by atoms with van der Waals surface area (Å²) in [7, 11) is 1.61. The number of para-hydroxylation sites is 2. The van der Waals surface area contributed by atoms with Crippen molar-refractivity contribution in [3.8, 4) is 17.4 Å². The van der Waals surface area contributed by atoms with Gasteiger partial charge in [-0.25, -0.2) is 4.98 Å². The summed E-state index contributed by atoms with van der Waals surface area (Å²) in [6, 6.07) is 16.8. The highest BCUT2D eigenvalue weighted by molar-refractivity contribution is 5.94. The van der Waals surface area contributed by atoms with Crippen molar-refractivity contribution in [2.45, 2.75) is 18.8 Å².